The number of halogens is 1. The van der Waals surface area contributed by atoms with Crippen molar-refractivity contribution in [2.24, 2.45) is 0 Å². The fraction of sp³-hybridized carbons (Fsp3) is 0.364. The van der Waals surface area contributed by atoms with E-state index in [0.717, 1.165) is 58.7 Å². The number of hydrogen-bond donors (Lipinski definition) is 0. The lowest BCUT2D eigenvalue weighted by Gasteiger charge is -2.29. The number of thiazole rings is 1. The topological polar surface area (TPSA) is 45.7 Å². The molecule has 2 aromatic carbocycles. The highest BCUT2D eigenvalue weighted by Crippen LogP contribution is 2.31. The predicted molar refractivity (Wildman–Crippen MR) is 121 cm³/mol. The van der Waals surface area contributed by atoms with Crippen LogP contribution in [0, 0.1) is 12.7 Å². The number of ether oxygens (including phenoxy) is 1. The Kier molecular flexibility index (Phi) is 6.99. The Hall–Kier alpha value is -2.00. The Bertz CT molecular complexity index is 1000. The lowest BCUT2D eigenvalue weighted by atomic mass is 10.2. The molecule has 5 nitrogen and oxygen atoms in total. The number of thioether (sulfide) groups is 1. The van der Waals surface area contributed by atoms with E-state index in [0.29, 0.717) is 6.54 Å². The van der Waals surface area contributed by atoms with Crippen molar-refractivity contribution in [2.75, 3.05) is 50.0 Å². The van der Waals surface area contributed by atoms with Crippen molar-refractivity contribution in [3.63, 3.8) is 0 Å². The molecule has 0 spiro atoms. The average Bonchev–Trinajstić information content (AvgIpc) is 3.19. The highest BCUT2D eigenvalue weighted by atomic mass is 32.2. The highest BCUT2D eigenvalue weighted by Gasteiger charge is 2.22. The number of aryl methyl sites for hydroxylation is 1. The van der Waals surface area contributed by atoms with E-state index in [-0.39, 0.29) is 17.5 Å². The molecule has 1 saturated heterocycles. The summed E-state index contributed by atoms with van der Waals surface area (Å²) in [4.78, 5) is 22.9. The number of morpholine rings is 1. The van der Waals surface area contributed by atoms with Crippen molar-refractivity contribution in [2.45, 2.75) is 11.8 Å². The maximum atomic E-state index is 13.2. The summed E-state index contributed by atoms with van der Waals surface area (Å²) in [6, 6.07) is 12.3. The van der Waals surface area contributed by atoms with Gasteiger partial charge in [0.15, 0.2) is 5.13 Å². The van der Waals surface area contributed by atoms with Crippen LogP contribution >= 0.6 is 23.1 Å². The molecule has 0 bridgehead atoms. The Morgan fingerprint density at radius 3 is 2.73 bits per heavy atom. The van der Waals surface area contributed by atoms with E-state index >= 15 is 0 Å². The van der Waals surface area contributed by atoms with Gasteiger partial charge in [-0.25, -0.2) is 9.37 Å². The van der Waals surface area contributed by atoms with Gasteiger partial charge in [-0.2, -0.15) is 0 Å². The molecule has 1 aliphatic rings. The molecular weight excluding hydrogens is 421 g/mol. The molecule has 0 aliphatic carbocycles. The molecule has 0 N–H and O–H groups in total. The van der Waals surface area contributed by atoms with E-state index in [1.165, 1.54) is 23.9 Å². The van der Waals surface area contributed by atoms with Gasteiger partial charge in [-0.1, -0.05) is 23.5 Å². The summed E-state index contributed by atoms with van der Waals surface area (Å²) < 4.78 is 19.7. The number of para-hydroxylation sites is 1. The zero-order valence-electron chi connectivity index (χ0n) is 16.8. The standard InChI is InChI=1S/C22H24FN3O2S2/c1-16-3-2-4-19-21(16)24-22(30-19)26(10-9-25-11-13-28-14-12-25)20(27)15-29-18-7-5-17(23)6-8-18/h2-8H,9-15H2,1H3. The fourth-order valence-electron chi connectivity index (χ4n) is 3.34. The van der Waals surface area contributed by atoms with Gasteiger partial charge < -0.3 is 4.74 Å². The number of rotatable bonds is 7. The maximum Gasteiger partial charge on any atom is 0.239 e. The van der Waals surface area contributed by atoms with Crippen LogP contribution in [0.4, 0.5) is 9.52 Å². The number of amides is 1. The van der Waals surface area contributed by atoms with E-state index in [4.69, 9.17) is 9.72 Å². The van der Waals surface area contributed by atoms with Gasteiger partial charge in [0, 0.05) is 31.1 Å². The molecular formula is C22H24FN3O2S2. The van der Waals surface area contributed by atoms with Crippen LogP contribution in [0.25, 0.3) is 10.2 Å². The Balaban J connectivity index is 1.51. The minimum Gasteiger partial charge on any atom is -0.379 e. The van der Waals surface area contributed by atoms with Crippen molar-refractivity contribution in [1.82, 2.24) is 9.88 Å². The molecule has 30 heavy (non-hydrogen) atoms. The molecule has 2 heterocycles. The molecule has 0 saturated carbocycles. The van der Waals surface area contributed by atoms with E-state index in [1.54, 1.807) is 28.4 Å². The molecule has 1 aliphatic heterocycles. The van der Waals surface area contributed by atoms with E-state index in [9.17, 15) is 9.18 Å². The van der Waals surface area contributed by atoms with Gasteiger partial charge in [0.1, 0.15) is 5.82 Å². The van der Waals surface area contributed by atoms with Crippen molar-refractivity contribution in [3.05, 3.63) is 53.8 Å². The lowest BCUT2D eigenvalue weighted by Crippen LogP contribution is -2.43. The van der Waals surface area contributed by atoms with E-state index in [2.05, 4.69) is 4.90 Å². The highest BCUT2D eigenvalue weighted by molar-refractivity contribution is 8.00. The first-order valence-corrected chi connectivity index (χ1v) is 11.8. The number of aromatic nitrogens is 1. The number of fused-ring (bicyclic) bond motifs is 1. The van der Waals surface area contributed by atoms with Crippen LogP contribution in [0.15, 0.2) is 47.4 Å². The molecule has 4 rings (SSSR count). The molecule has 0 radical (unpaired) electrons. The van der Waals surface area contributed by atoms with Crippen LogP contribution in [0.3, 0.4) is 0 Å². The normalized spacial score (nSPS) is 14.9. The van der Waals surface area contributed by atoms with Gasteiger partial charge in [0.2, 0.25) is 5.91 Å². The summed E-state index contributed by atoms with van der Waals surface area (Å²) in [5, 5.41) is 0.734. The predicted octanol–water partition coefficient (Wildman–Crippen LogP) is 4.20. The Morgan fingerprint density at radius 2 is 2.00 bits per heavy atom. The number of nitrogens with zero attached hydrogens (tertiary/aromatic N) is 3. The minimum atomic E-state index is -0.275. The number of anilines is 1. The summed E-state index contributed by atoms with van der Waals surface area (Å²) in [5.41, 5.74) is 2.06. The Labute approximate surface area is 183 Å². The molecule has 158 valence electrons. The van der Waals surface area contributed by atoms with Gasteiger partial charge in [-0.15, -0.1) is 11.8 Å². The summed E-state index contributed by atoms with van der Waals surface area (Å²) in [7, 11) is 0. The first kappa shape index (κ1) is 21.2. The fourth-order valence-corrected chi connectivity index (χ4v) is 5.20. The number of carbonyl (C=O) groups excluding carboxylic acids is 1. The third kappa shape index (κ3) is 5.18. The summed E-state index contributed by atoms with van der Waals surface area (Å²) in [5.74, 6) is 0.0147. The lowest BCUT2D eigenvalue weighted by molar-refractivity contribution is -0.116. The van der Waals surface area contributed by atoms with Crippen molar-refractivity contribution in [1.29, 1.82) is 0 Å². The third-order valence-electron chi connectivity index (χ3n) is 5.06. The van der Waals surface area contributed by atoms with Crippen molar-refractivity contribution >= 4 is 44.4 Å². The first-order valence-electron chi connectivity index (χ1n) is 9.95. The van der Waals surface area contributed by atoms with Gasteiger partial charge in [-0.05, 0) is 42.8 Å². The van der Waals surface area contributed by atoms with Crippen LogP contribution in [0.1, 0.15) is 5.56 Å². The quantitative estimate of drug-likeness (QED) is 0.510. The molecule has 0 atom stereocenters. The third-order valence-corrected chi connectivity index (χ3v) is 7.10. The molecule has 0 unspecified atom stereocenters. The average molecular weight is 446 g/mol. The molecule has 1 amide bonds. The zero-order chi connectivity index (χ0) is 20.9. The van der Waals surface area contributed by atoms with Gasteiger partial charge in [0.25, 0.3) is 0 Å². The largest absolute Gasteiger partial charge is 0.379 e. The second kappa shape index (κ2) is 9.87. The Morgan fingerprint density at radius 1 is 1.23 bits per heavy atom. The van der Waals surface area contributed by atoms with Crippen LogP contribution in [0.5, 0.6) is 0 Å². The molecule has 1 aromatic heterocycles. The van der Waals surface area contributed by atoms with Crippen LogP contribution in [-0.2, 0) is 9.53 Å². The second-order valence-electron chi connectivity index (χ2n) is 7.16. The van der Waals surface area contributed by atoms with Crippen LogP contribution in [-0.4, -0.2) is 60.9 Å². The number of carbonyl (C=O) groups is 1. The van der Waals surface area contributed by atoms with Gasteiger partial charge in [-0.3, -0.25) is 14.6 Å². The van der Waals surface area contributed by atoms with Crippen molar-refractivity contribution in [3.8, 4) is 0 Å². The van der Waals surface area contributed by atoms with Crippen LogP contribution < -0.4 is 4.90 Å². The van der Waals surface area contributed by atoms with E-state index < -0.39 is 0 Å². The van der Waals surface area contributed by atoms with E-state index in [1.807, 2.05) is 25.1 Å². The number of hydrogen-bond acceptors (Lipinski definition) is 6. The summed E-state index contributed by atoms with van der Waals surface area (Å²) in [6.45, 7) is 6.63. The van der Waals surface area contributed by atoms with Crippen LogP contribution in [0.2, 0.25) is 0 Å². The molecule has 3 aromatic rings. The second-order valence-corrected chi connectivity index (χ2v) is 9.22. The smallest absolute Gasteiger partial charge is 0.239 e. The summed E-state index contributed by atoms with van der Waals surface area (Å²) >= 11 is 2.97. The summed E-state index contributed by atoms with van der Waals surface area (Å²) in [6.07, 6.45) is 0. The zero-order valence-corrected chi connectivity index (χ0v) is 18.5. The van der Waals surface area contributed by atoms with Crippen molar-refractivity contribution < 1.29 is 13.9 Å². The number of benzene rings is 2. The van der Waals surface area contributed by atoms with Gasteiger partial charge >= 0.3 is 0 Å². The maximum absolute atomic E-state index is 13.2. The monoisotopic (exact) mass is 445 g/mol. The first-order chi connectivity index (χ1) is 14.6. The SMILES string of the molecule is Cc1cccc2sc(N(CCN3CCOCC3)C(=O)CSc3ccc(F)cc3)nc12. The minimum absolute atomic E-state index is 0.00861. The van der Waals surface area contributed by atoms with Gasteiger partial charge in [0.05, 0.1) is 29.2 Å². The molecule has 1 fully saturated rings. The molecule has 8 heteroatoms.